The highest BCUT2D eigenvalue weighted by Gasteiger charge is 2.25. The maximum Gasteiger partial charge on any atom is 0.469 e. The molecule has 1 radical (unpaired) electrons. The molecule has 0 aromatic carbocycles. The van der Waals surface area contributed by atoms with Crippen molar-refractivity contribution in [2.45, 2.75) is 12.5 Å². The summed E-state index contributed by atoms with van der Waals surface area (Å²) in [5.74, 6) is 0. The van der Waals surface area contributed by atoms with Crippen LogP contribution in [0, 0.1) is 0 Å². The van der Waals surface area contributed by atoms with Crippen molar-refractivity contribution >= 4 is 7.82 Å². The second-order valence-corrected chi connectivity index (χ2v) is 3.33. The molecular formula is C4H9NO4P. The molecule has 1 unspecified atom stereocenters. The van der Waals surface area contributed by atoms with E-state index in [0.29, 0.717) is 19.5 Å². The van der Waals surface area contributed by atoms with Gasteiger partial charge in [-0.05, 0) is 6.42 Å². The van der Waals surface area contributed by atoms with Crippen LogP contribution in [-0.4, -0.2) is 29.0 Å². The SMILES string of the molecule is O=P(O)(O)OC1CC[N]C1. The van der Waals surface area contributed by atoms with Crippen molar-refractivity contribution in [1.29, 1.82) is 0 Å². The molecule has 10 heavy (non-hydrogen) atoms. The summed E-state index contributed by atoms with van der Waals surface area (Å²) in [6.07, 6.45) is 0.242. The van der Waals surface area contributed by atoms with Crippen LogP contribution in [0.3, 0.4) is 0 Å². The third kappa shape index (κ3) is 2.77. The van der Waals surface area contributed by atoms with Crippen LogP contribution in [0.4, 0.5) is 0 Å². The molecule has 0 aliphatic carbocycles. The fraction of sp³-hybridized carbons (Fsp3) is 1.00. The number of phosphoric acid groups is 1. The Balaban J connectivity index is 2.31. The van der Waals surface area contributed by atoms with E-state index in [4.69, 9.17) is 9.79 Å². The van der Waals surface area contributed by atoms with Crippen LogP contribution >= 0.6 is 7.82 Å². The van der Waals surface area contributed by atoms with Gasteiger partial charge in [0.1, 0.15) is 0 Å². The van der Waals surface area contributed by atoms with Gasteiger partial charge in [0, 0.05) is 13.1 Å². The third-order valence-electron chi connectivity index (χ3n) is 1.23. The number of phosphoric ester groups is 1. The summed E-state index contributed by atoms with van der Waals surface area (Å²) in [6, 6.07) is 0. The van der Waals surface area contributed by atoms with Gasteiger partial charge < -0.3 is 9.79 Å². The molecule has 0 bridgehead atoms. The van der Waals surface area contributed by atoms with Gasteiger partial charge in [0.2, 0.25) is 0 Å². The lowest BCUT2D eigenvalue weighted by atomic mass is 10.3. The average Bonchev–Trinajstić information content (AvgIpc) is 2.12. The largest absolute Gasteiger partial charge is 0.469 e. The van der Waals surface area contributed by atoms with Crippen molar-refractivity contribution in [1.82, 2.24) is 5.32 Å². The van der Waals surface area contributed by atoms with E-state index in [1.807, 2.05) is 0 Å². The summed E-state index contributed by atoms with van der Waals surface area (Å²) in [4.78, 5) is 16.7. The Hall–Kier alpha value is 0.0700. The first kappa shape index (κ1) is 8.17. The van der Waals surface area contributed by atoms with Gasteiger partial charge in [-0.1, -0.05) is 0 Å². The van der Waals surface area contributed by atoms with Gasteiger partial charge >= 0.3 is 7.82 Å². The molecule has 1 heterocycles. The molecule has 0 amide bonds. The molecule has 0 aromatic rings. The molecule has 0 aromatic heterocycles. The van der Waals surface area contributed by atoms with Crippen LogP contribution in [0.1, 0.15) is 6.42 Å². The minimum Gasteiger partial charge on any atom is -0.303 e. The first-order chi connectivity index (χ1) is 4.58. The van der Waals surface area contributed by atoms with Crippen molar-refractivity contribution in [2.24, 2.45) is 0 Å². The van der Waals surface area contributed by atoms with Crippen LogP contribution in [0.25, 0.3) is 0 Å². The van der Waals surface area contributed by atoms with E-state index < -0.39 is 7.82 Å². The smallest absolute Gasteiger partial charge is 0.303 e. The summed E-state index contributed by atoms with van der Waals surface area (Å²) in [6.45, 7) is 1.05. The van der Waals surface area contributed by atoms with Crippen LogP contribution < -0.4 is 5.32 Å². The summed E-state index contributed by atoms with van der Waals surface area (Å²) in [5.41, 5.74) is 0. The van der Waals surface area contributed by atoms with Crippen molar-refractivity contribution in [2.75, 3.05) is 13.1 Å². The normalized spacial score (nSPS) is 27.2. The van der Waals surface area contributed by atoms with Crippen LogP contribution in [0.15, 0.2) is 0 Å². The highest BCUT2D eigenvalue weighted by Crippen LogP contribution is 2.38. The zero-order valence-electron chi connectivity index (χ0n) is 5.30. The molecule has 1 fully saturated rings. The Morgan fingerprint density at radius 1 is 1.60 bits per heavy atom. The van der Waals surface area contributed by atoms with Crippen LogP contribution in [0.5, 0.6) is 0 Å². The number of rotatable bonds is 2. The molecule has 5 nitrogen and oxygen atoms in total. The van der Waals surface area contributed by atoms with Crippen molar-refractivity contribution in [3.8, 4) is 0 Å². The minimum atomic E-state index is -4.27. The summed E-state index contributed by atoms with van der Waals surface area (Å²) >= 11 is 0. The zero-order valence-corrected chi connectivity index (χ0v) is 6.20. The van der Waals surface area contributed by atoms with Gasteiger partial charge in [0.15, 0.2) is 0 Å². The van der Waals surface area contributed by atoms with E-state index in [1.54, 1.807) is 0 Å². The fourth-order valence-electron chi connectivity index (χ4n) is 0.842. The molecule has 1 aliphatic rings. The fourth-order valence-corrected chi connectivity index (χ4v) is 1.40. The molecule has 1 aliphatic heterocycles. The van der Waals surface area contributed by atoms with E-state index in [-0.39, 0.29) is 6.10 Å². The Bertz CT molecular complexity index is 149. The monoisotopic (exact) mass is 166 g/mol. The minimum absolute atomic E-state index is 0.374. The Kier molecular flexibility index (Phi) is 2.44. The van der Waals surface area contributed by atoms with Crippen molar-refractivity contribution < 1.29 is 18.9 Å². The summed E-state index contributed by atoms with van der Waals surface area (Å²) in [5, 5.41) is 3.88. The lowest BCUT2D eigenvalue weighted by Crippen LogP contribution is -2.11. The van der Waals surface area contributed by atoms with E-state index in [2.05, 4.69) is 9.84 Å². The zero-order chi connectivity index (χ0) is 7.61. The van der Waals surface area contributed by atoms with Gasteiger partial charge in [-0.25, -0.2) is 9.88 Å². The maximum atomic E-state index is 10.2. The van der Waals surface area contributed by atoms with Gasteiger partial charge in [0.25, 0.3) is 0 Å². The number of hydrogen-bond acceptors (Lipinski definition) is 2. The Labute approximate surface area is 58.6 Å². The first-order valence-electron chi connectivity index (χ1n) is 2.95. The molecule has 1 saturated heterocycles. The molecule has 0 saturated carbocycles. The van der Waals surface area contributed by atoms with E-state index in [1.165, 1.54) is 0 Å². The van der Waals surface area contributed by atoms with Crippen molar-refractivity contribution in [3.63, 3.8) is 0 Å². The lowest BCUT2D eigenvalue weighted by Gasteiger charge is -2.09. The third-order valence-corrected chi connectivity index (χ3v) is 1.80. The summed E-state index contributed by atoms with van der Waals surface area (Å²) in [7, 11) is -4.27. The number of hydrogen-bond donors (Lipinski definition) is 2. The van der Waals surface area contributed by atoms with E-state index >= 15 is 0 Å². The summed E-state index contributed by atoms with van der Waals surface area (Å²) < 4.78 is 14.6. The van der Waals surface area contributed by atoms with Crippen LogP contribution in [0.2, 0.25) is 0 Å². The topological polar surface area (TPSA) is 80.9 Å². The molecule has 59 valence electrons. The van der Waals surface area contributed by atoms with Gasteiger partial charge in [0.05, 0.1) is 6.10 Å². The van der Waals surface area contributed by atoms with Crippen molar-refractivity contribution in [3.05, 3.63) is 0 Å². The van der Waals surface area contributed by atoms with Gasteiger partial charge in [-0.15, -0.1) is 0 Å². The highest BCUT2D eigenvalue weighted by atomic mass is 31.2. The maximum absolute atomic E-state index is 10.2. The molecule has 1 rings (SSSR count). The molecular weight excluding hydrogens is 157 g/mol. The van der Waals surface area contributed by atoms with E-state index in [0.717, 1.165) is 0 Å². The predicted octanol–water partition coefficient (Wildman–Crippen LogP) is -0.528. The Morgan fingerprint density at radius 3 is 2.70 bits per heavy atom. The molecule has 1 atom stereocenters. The van der Waals surface area contributed by atoms with E-state index in [9.17, 15) is 4.57 Å². The van der Waals surface area contributed by atoms with Gasteiger partial charge in [-0.3, -0.25) is 4.52 Å². The Morgan fingerprint density at radius 2 is 2.30 bits per heavy atom. The molecule has 0 spiro atoms. The molecule has 2 N–H and O–H groups in total. The standard InChI is InChI=1S/C4H9NO4P/c6-10(7,8)9-4-1-2-5-3-4/h4H,1-3H2,(H2,6,7,8). The average molecular weight is 166 g/mol. The quantitative estimate of drug-likeness (QED) is 0.540. The van der Waals surface area contributed by atoms with Crippen LogP contribution in [-0.2, 0) is 9.09 Å². The first-order valence-corrected chi connectivity index (χ1v) is 4.48. The second-order valence-electron chi connectivity index (χ2n) is 2.14. The van der Waals surface area contributed by atoms with Gasteiger partial charge in [-0.2, -0.15) is 0 Å². The second kappa shape index (κ2) is 2.98. The lowest BCUT2D eigenvalue weighted by molar-refractivity contribution is 0.145. The highest BCUT2D eigenvalue weighted by molar-refractivity contribution is 7.46. The molecule has 6 heteroatoms. The predicted molar refractivity (Wildman–Crippen MR) is 33.4 cm³/mol. The number of nitrogens with zero attached hydrogens (tertiary/aromatic N) is 1.